The van der Waals surface area contributed by atoms with Gasteiger partial charge in [0.1, 0.15) is 16.7 Å². The Morgan fingerprint density at radius 3 is 2.58 bits per heavy atom. The van der Waals surface area contributed by atoms with Gasteiger partial charge in [-0.15, -0.1) is 0 Å². The molecule has 5 nitrogen and oxygen atoms in total. The predicted molar refractivity (Wildman–Crippen MR) is 105 cm³/mol. The summed E-state index contributed by atoms with van der Waals surface area (Å²) in [4.78, 5) is 9.40. The van der Waals surface area contributed by atoms with Gasteiger partial charge in [-0.1, -0.05) is 39.8 Å². The van der Waals surface area contributed by atoms with Crippen LogP contribution in [0.3, 0.4) is 0 Å². The van der Waals surface area contributed by atoms with Crippen LogP contribution in [0.15, 0.2) is 35.0 Å². The summed E-state index contributed by atoms with van der Waals surface area (Å²) in [6.45, 7) is 10.8. The molecule has 4 aromatic heterocycles. The van der Waals surface area contributed by atoms with E-state index >= 15 is 0 Å². The lowest BCUT2D eigenvalue weighted by molar-refractivity contribution is 0.405. The molecule has 26 heavy (non-hydrogen) atoms. The van der Waals surface area contributed by atoms with Crippen molar-refractivity contribution < 1.29 is 4.52 Å². The van der Waals surface area contributed by atoms with E-state index in [4.69, 9.17) is 9.51 Å². The number of hydrogen-bond donors (Lipinski definition) is 0. The molecule has 0 amide bonds. The maximum atomic E-state index is 5.45. The molecular formula is C20H22N4OS. The third-order valence-corrected chi connectivity index (χ3v) is 5.38. The first-order valence-corrected chi connectivity index (χ1v) is 9.50. The monoisotopic (exact) mass is 366 g/mol. The molecule has 134 valence electrons. The highest BCUT2D eigenvalue weighted by Gasteiger charge is 2.29. The maximum Gasteiger partial charge on any atom is 0.185 e. The smallest absolute Gasteiger partial charge is 0.185 e. The van der Waals surface area contributed by atoms with Gasteiger partial charge in [0.05, 0.1) is 10.4 Å². The van der Waals surface area contributed by atoms with Crippen molar-refractivity contribution in [1.29, 1.82) is 0 Å². The normalized spacial score (nSPS) is 13.0. The zero-order valence-corrected chi connectivity index (χ0v) is 16.5. The van der Waals surface area contributed by atoms with E-state index in [-0.39, 0.29) is 10.8 Å². The van der Waals surface area contributed by atoms with Crippen molar-refractivity contribution in [2.45, 2.75) is 51.9 Å². The Morgan fingerprint density at radius 2 is 1.81 bits per heavy atom. The second-order valence-electron chi connectivity index (χ2n) is 8.37. The van der Waals surface area contributed by atoms with Crippen molar-refractivity contribution in [2.24, 2.45) is 0 Å². The molecule has 0 fully saturated rings. The molecular weight excluding hydrogens is 344 g/mol. The van der Waals surface area contributed by atoms with Crippen LogP contribution in [0.5, 0.6) is 0 Å². The minimum atomic E-state index is -0.244. The maximum absolute atomic E-state index is 5.45. The molecule has 4 heterocycles. The average molecular weight is 366 g/mol. The van der Waals surface area contributed by atoms with E-state index in [2.05, 4.69) is 61.3 Å². The van der Waals surface area contributed by atoms with Gasteiger partial charge >= 0.3 is 0 Å². The van der Waals surface area contributed by atoms with Crippen LogP contribution in [-0.4, -0.2) is 19.5 Å². The third kappa shape index (κ3) is 2.88. The first-order chi connectivity index (χ1) is 12.3. The SMILES string of the molecule is CC(C)(C)c1nsc2ccc(CC(C)(C)c3noc4cccnc34)nc12. The highest BCUT2D eigenvalue weighted by molar-refractivity contribution is 7.13. The standard InChI is InChI=1S/C20H22N4OS/c1-19(2,3)17-16-14(26-24-17)9-8-12(22-16)11-20(4,5)18-15-13(25-23-18)7-6-10-21-15/h6-10H,11H2,1-5H3. The van der Waals surface area contributed by atoms with E-state index in [1.807, 2.05) is 12.1 Å². The Kier molecular flexibility index (Phi) is 3.84. The summed E-state index contributed by atoms with van der Waals surface area (Å²) < 4.78 is 11.2. The minimum absolute atomic E-state index is 0.0222. The molecule has 6 heteroatoms. The van der Waals surface area contributed by atoms with Crippen molar-refractivity contribution in [2.75, 3.05) is 0 Å². The molecule has 0 aliphatic carbocycles. The van der Waals surface area contributed by atoms with Gasteiger partial charge in [0.15, 0.2) is 5.58 Å². The minimum Gasteiger partial charge on any atom is -0.354 e. The summed E-state index contributed by atoms with van der Waals surface area (Å²) >= 11 is 1.52. The van der Waals surface area contributed by atoms with Crippen LogP contribution in [0.25, 0.3) is 21.3 Å². The molecule has 0 aliphatic rings. The second kappa shape index (κ2) is 5.84. The number of fused-ring (bicyclic) bond motifs is 2. The molecule has 0 radical (unpaired) electrons. The third-order valence-electron chi connectivity index (χ3n) is 4.58. The average Bonchev–Trinajstić information content (AvgIpc) is 3.18. The van der Waals surface area contributed by atoms with E-state index in [0.717, 1.165) is 44.8 Å². The summed E-state index contributed by atoms with van der Waals surface area (Å²) in [6.07, 6.45) is 2.52. The zero-order chi connectivity index (χ0) is 18.5. The topological polar surface area (TPSA) is 64.7 Å². The number of hydrogen-bond acceptors (Lipinski definition) is 6. The molecule has 0 atom stereocenters. The van der Waals surface area contributed by atoms with Gasteiger partial charge in [-0.3, -0.25) is 4.98 Å². The van der Waals surface area contributed by atoms with Gasteiger partial charge in [0, 0.05) is 29.1 Å². The molecule has 0 unspecified atom stereocenters. The van der Waals surface area contributed by atoms with Crippen LogP contribution >= 0.6 is 11.5 Å². The highest BCUT2D eigenvalue weighted by atomic mass is 32.1. The molecule has 0 aromatic carbocycles. The Bertz CT molecular complexity index is 1090. The quantitative estimate of drug-likeness (QED) is 0.508. The van der Waals surface area contributed by atoms with Gasteiger partial charge in [-0.25, -0.2) is 4.98 Å². The van der Waals surface area contributed by atoms with Crippen LogP contribution in [0.2, 0.25) is 0 Å². The van der Waals surface area contributed by atoms with Crippen LogP contribution in [0.1, 0.15) is 51.7 Å². The fourth-order valence-electron chi connectivity index (χ4n) is 3.22. The Balaban J connectivity index is 1.74. The molecule has 0 aliphatic heterocycles. The van der Waals surface area contributed by atoms with Crippen molar-refractivity contribution in [3.05, 3.63) is 47.5 Å². The molecule has 0 bridgehead atoms. The summed E-state index contributed by atoms with van der Waals surface area (Å²) in [7, 11) is 0. The number of aromatic nitrogens is 4. The van der Waals surface area contributed by atoms with E-state index in [9.17, 15) is 0 Å². The fraction of sp³-hybridized carbons (Fsp3) is 0.400. The van der Waals surface area contributed by atoms with Crippen molar-refractivity contribution in [3.8, 4) is 0 Å². The Morgan fingerprint density at radius 1 is 1.00 bits per heavy atom. The van der Waals surface area contributed by atoms with Gasteiger partial charge in [-0.2, -0.15) is 4.37 Å². The van der Waals surface area contributed by atoms with Crippen LogP contribution in [-0.2, 0) is 17.3 Å². The zero-order valence-electron chi connectivity index (χ0n) is 15.7. The van der Waals surface area contributed by atoms with E-state index in [0.29, 0.717) is 0 Å². The van der Waals surface area contributed by atoms with E-state index in [1.54, 1.807) is 6.20 Å². The summed E-state index contributed by atoms with van der Waals surface area (Å²) in [5.41, 5.74) is 5.25. The van der Waals surface area contributed by atoms with Gasteiger partial charge < -0.3 is 4.52 Å². The predicted octanol–water partition coefficient (Wildman–Crippen LogP) is 5.05. The van der Waals surface area contributed by atoms with Crippen molar-refractivity contribution in [1.82, 2.24) is 19.5 Å². The lowest BCUT2D eigenvalue weighted by Crippen LogP contribution is -2.22. The molecule has 0 saturated carbocycles. The molecule has 0 spiro atoms. The van der Waals surface area contributed by atoms with Crippen LogP contribution < -0.4 is 0 Å². The Labute approximate surface area is 156 Å². The van der Waals surface area contributed by atoms with Crippen molar-refractivity contribution >= 4 is 32.8 Å². The first-order valence-electron chi connectivity index (χ1n) is 8.72. The summed E-state index contributed by atoms with van der Waals surface area (Å²) in [5.74, 6) is 0. The molecule has 4 rings (SSSR count). The molecule has 0 N–H and O–H groups in total. The van der Waals surface area contributed by atoms with Gasteiger partial charge in [-0.05, 0) is 35.8 Å². The fourth-order valence-corrected chi connectivity index (χ4v) is 4.13. The summed E-state index contributed by atoms with van der Waals surface area (Å²) in [5, 5.41) is 4.30. The largest absolute Gasteiger partial charge is 0.354 e. The molecule has 0 saturated heterocycles. The van der Waals surface area contributed by atoms with Gasteiger partial charge in [0.25, 0.3) is 0 Å². The number of pyridine rings is 2. The lowest BCUT2D eigenvalue weighted by atomic mass is 9.83. The van der Waals surface area contributed by atoms with E-state index in [1.165, 1.54) is 11.5 Å². The van der Waals surface area contributed by atoms with E-state index < -0.39 is 0 Å². The Hall–Kier alpha value is -2.34. The van der Waals surface area contributed by atoms with Crippen LogP contribution in [0.4, 0.5) is 0 Å². The molecule has 4 aromatic rings. The summed E-state index contributed by atoms with van der Waals surface area (Å²) in [6, 6.07) is 7.97. The van der Waals surface area contributed by atoms with Gasteiger partial charge in [0.2, 0.25) is 0 Å². The lowest BCUT2D eigenvalue weighted by Gasteiger charge is -2.21. The van der Waals surface area contributed by atoms with Crippen LogP contribution in [0, 0.1) is 0 Å². The number of nitrogens with zero attached hydrogens (tertiary/aromatic N) is 4. The van der Waals surface area contributed by atoms with Crippen molar-refractivity contribution in [3.63, 3.8) is 0 Å². The highest BCUT2D eigenvalue weighted by Crippen LogP contribution is 2.34. The number of rotatable bonds is 3. The first kappa shape index (κ1) is 17.1. The second-order valence-corrected chi connectivity index (χ2v) is 9.18.